The molecule has 90 valence electrons. The van der Waals surface area contributed by atoms with Crippen LogP contribution in [0, 0.1) is 11.3 Å². The summed E-state index contributed by atoms with van der Waals surface area (Å²) in [5.74, 6) is 4.29. The number of thioether (sulfide) groups is 1. The van der Waals surface area contributed by atoms with Gasteiger partial charge in [0, 0.05) is 30.6 Å². The third-order valence-electron chi connectivity index (χ3n) is 3.41. The fourth-order valence-electron chi connectivity index (χ4n) is 1.92. The van der Waals surface area contributed by atoms with Gasteiger partial charge in [-0.15, -0.1) is 0 Å². The maximum Gasteiger partial charge on any atom is 0.0158 e. The summed E-state index contributed by atoms with van der Waals surface area (Å²) in [5, 5.41) is 0. The first-order chi connectivity index (χ1) is 6.95. The second-order valence-electron chi connectivity index (χ2n) is 5.66. The Morgan fingerprint density at radius 1 is 1.47 bits per heavy atom. The Kier molecular flexibility index (Phi) is 5.33. The summed E-state index contributed by atoms with van der Waals surface area (Å²) in [7, 11) is 0. The minimum atomic E-state index is 0.381. The molecule has 1 heterocycles. The maximum atomic E-state index is 4.51. The molecule has 1 fully saturated rings. The molecule has 1 aliphatic rings. The Morgan fingerprint density at radius 2 is 2.13 bits per heavy atom. The average Bonchev–Trinajstić information content (AvgIpc) is 2.14. The summed E-state index contributed by atoms with van der Waals surface area (Å²) in [6.07, 6.45) is 0. The lowest BCUT2D eigenvalue weighted by Gasteiger charge is -2.39. The van der Waals surface area contributed by atoms with Gasteiger partial charge in [0.2, 0.25) is 0 Å². The van der Waals surface area contributed by atoms with Gasteiger partial charge in [-0.25, -0.2) is 0 Å². The zero-order valence-electron chi connectivity index (χ0n) is 10.5. The van der Waals surface area contributed by atoms with Crippen LogP contribution in [0.4, 0.5) is 0 Å². The fraction of sp³-hybridized carbons (Fsp3) is 1.00. The highest BCUT2D eigenvalue weighted by Gasteiger charge is 2.28. The van der Waals surface area contributed by atoms with Crippen molar-refractivity contribution < 1.29 is 0 Å². The normalized spacial score (nSPS) is 26.6. The molecule has 2 atom stereocenters. The van der Waals surface area contributed by atoms with E-state index in [4.69, 9.17) is 0 Å². The van der Waals surface area contributed by atoms with E-state index in [9.17, 15) is 0 Å². The molecule has 0 N–H and O–H groups in total. The summed E-state index contributed by atoms with van der Waals surface area (Å²) < 4.78 is 0. The lowest BCUT2D eigenvalue weighted by Crippen LogP contribution is -2.45. The first-order valence-corrected chi connectivity index (χ1v) is 7.66. The van der Waals surface area contributed by atoms with Gasteiger partial charge in [0.25, 0.3) is 0 Å². The number of hydrogen-bond donors (Lipinski definition) is 1. The van der Waals surface area contributed by atoms with Crippen LogP contribution in [0.25, 0.3) is 0 Å². The van der Waals surface area contributed by atoms with Gasteiger partial charge >= 0.3 is 0 Å². The van der Waals surface area contributed by atoms with Crippen molar-refractivity contribution in [3.8, 4) is 0 Å². The number of hydrogen-bond acceptors (Lipinski definition) is 3. The van der Waals surface area contributed by atoms with E-state index in [0.29, 0.717) is 11.3 Å². The average molecular weight is 247 g/mol. The topological polar surface area (TPSA) is 3.24 Å². The van der Waals surface area contributed by atoms with Crippen LogP contribution >= 0.6 is 24.4 Å². The molecule has 1 saturated heterocycles. The van der Waals surface area contributed by atoms with Crippen LogP contribution in [0.2, 0.25) is 0 Å². The first-order valence-electron chi connectivity index (χ1n) is 5.88. The van der Waals surface area contributed by atoms with Crippen molar-refractivity contribution in [2.75, 3.05) is 30.3 Å². The van der Waals surface area contributed by atoms with E-state index in [1.807, 2.05) is 0 Å². The van der Waals surface area contributed by atoms with Crippen LogP contribution in [0.1, 0.15) is 27.7 Å². The Labute approximate surface area is 105 Å². The zero-order valence-corrected chi connectivity index (χ0v) is 12.2. The van der Waals surface area contributed by atoms with Crippen molar-refractivity contribution in [3.05, 3.63) is 0 Å². The molecule has 1 rings (SSSR count). The molecule has 0 aromatic carbocycles. The monoisotopic (exact) mass is 247 g/mol. The minimum absolute atomic E-state index is 0.381. The molecule has 2 unspecified atom stereocenters. The van der Waals surface area contributed by atoms with E-state index < -0.39 is 0 Å². The predicted octanol–water partition coefficient (Wildman–Crippen LogP) is 3.02. The van der Waals surface area contributed by atoms with Crippen molar-refractivity contribution in [1.82, 2.24) is 4.90 Å². The summed E-state index contributed by atoms with van der Waals surface area (Å²) >= 11 is 6.59. The SMILES string of the molecule is CC1CSCCN1CC(CS)C(C)(C)C. The van der Waals surface area contributed by atoms with Gasteiger partial charge in [-0.05, 0) is 24.0 Å². The largest absolute Gasteiger partial charge is 0.299 e. The Bertz CT molecular complexity index is 189. The van der Waals surface area contributed by atoms with Gasteiger partial charge in [-0.3, -0.25) is 4.90 Å². The molecule has 0 aromatic rings. The van der Waals surface area contributed by atoms with Gasteiger partial charge in [0.1, 0.15) is 0 Å². The van der Waals surface area contributed by atoms with Crippen LogP contribution in [0.3, 0.4) is 0 Å². The molecule has 3 heteroatoms. The molecule has 0 aromatic heterocycles. The van der Waals surface area contributed by atoms with Crippen molar-refractivity contribution in [3.63, 3.8) is 0 Å². The molecule has 15 heavy (non-hydrogen) atoms. The van der Waals surface area contributed by atoms with Crippen LogP contribution in [0.15, 0.2) is 0 Å². The van der Waals surface area contributed by atoms with Crippen molar-refractivity contribution >= 4 is 24.4 Å². The summed E-state index contributed by atoms with van der Waals surface area (Å²) in [6, 6.07) is 0.744. The van der Waals surface area contributed by atoms with Gasteiger partial charge in [0.15, 0.2) is 0 Å². The van der Waals surface area contributed by atoms with E-state index in [-0.39, 0.29) is 0 Å². The second-order valence-corrected chi connectivity index (χ2v) is 7.18. The zero-order chi connectivity index (χ0) is 11.5. The van der Waals surface area contributed by atoms with E-state index >= 15 is 0 Å². The van der Waals surface area contributed by atoms with Gasteiger partial charge in [-0.2, -0.15) is 24.4 Å². The third kappa shape index (κ3) is 4.20. The second kappa shape index (κ2) is 5.83. The smallest absolute Gasteiger partial charge is 0.0158 e. The Morgan fingerprint density at radius 3 is 2.60 bits per heavy atom. The molecule has 0 bridgehead atoms. The van der Waals surface area contributed by atoms with Crippen molar-refractivity contribution in [2.24, 2.45) is 11.3 Å². The van der Waals surface area contributed by atoms with Gasteiger partial charge in [0.05, 0.1) is 0 Å². The summed E-state index contributed by atoms with van der Waals surface area (Å²) in [4.78, 5) is 2.64. The maximum absolute atomic E-state index is 4.51. The molecule has 0 amide bonds. The molecule has 0 aliphatic carbocycles. The van der Waals surface area contributed by atoms with Crippen molar-refractivity contribution in [1.29, 1.82) is 0 Å². The van der Waals surface area contributed by atoms with E-state index in [1.54, 1.807) is 0 Å². The fourth-order valence-corrected chi connectivity index (χ4v) is 3.67. The number of thiol groups is 1. The van der Waals surface area contributed by atoms with Gasteiger partial charge < -0.3 is 0 Å². The first kappa shape index (κ1) is 13.7. The summed E-state index contributed by atoms with van der Waals surface area (Å²) in [6.45, 7) is 11.8. The highest BCUT2D eigenvalue weighted by molar-refractivity contribution is 7.99. The van der Waals surface area contributed by atoms with Crippen LogP contribution in [-0.2, 0) is 0 Å². The van der Waals surface area contributed by atoms with Gasteiger partial charge in [-0.1, -0.05) is 20.8 Å². The van der Waals surface area contributed by atoms with Crippen LogP contribution in [0.5, 0.6) is 0 Å². The molecule has 1 nitrogen and oxygen atoms in total. The molecule has 0 spiro atoms. The summed E-state index contributed by atoms with van der Waals surface area (Å²) in [5.41, 5.74) is 0.381. The highest BCUT2D eigenvalue weighted by atomic mass is 32.2. The van der Waals surface area contributed by atoms with Crippen molar-refractivity contribution in [2.45, 2.75) is 33.7 Å². The van der Waals surface area contributed by atoms with E-state index in [1.165, 1.54) is 24.6 Å². The minimum Gasteiger partial charge on any atom is -0.299 e. The highest BCUT2D eigenvalue weighted by Crippen LogP contribution is 2.29. The standard InChI is InChI=1S/C12H25NS2/c1-10-9-15-6-5-13(10)7-11(8-14)12(2,3)4/h10-11,14H,5-9H2,1-4H3. The molecule has 1 aliphatic heterocycles. The molecule has 0 radical (unpaired) electrons. The quantitative estimate of drug-likeness (QED) is 0.764. The van der Waals surface area contributed by atoms with Crippen LogP contribution < -0.4 is 0 Å². The lowest BCUT2D eigenvalue weighted by atomic mass is 9.81. The molecular formula is C12H25NS2. The van der Waals surface area contributed by atoms with E-state index in [0.717, 1.165) is 11.8 Å². The lowest BCUT2D eigenvalue weighted by molar-refractivity contribution is 0.144. The van der Waals surface area contributed by atoms with E-state index in [2.05, 4.69) is 57.0 Å². The Balaban J connectivity index is 2.50. The molecular weight excluding hydrogens is 222 g/mol. The molecule has 0 saturated carbocycles. The predicted molar refractivity (Wildman–Crippen MR) is 75.2 cm³/mol. The van der Waals surface area contributed by atoms with Crippen LogP contribution in [-0.4, -0.2) is 41.3 Å². The Hall–Kier alpha value is 0.660. The number of nitrogens with zero attached hydrogens (tertiary/aromatic N) is 1. The third-order valence-corrected chi connectivity index (χ3v) is 5.04. The number of rotatable bonds is 3.